The number of hydrogen-bond acceptors (Lipinski definition) is 3. The summed E-state index contributed by atoms with van der Waals surface area (Å²) in [5, 5.41) is -0.512. The molecule has 1 rings (SSSR count). The Hall–Kier alpha value is -0.870. The molecule has 0 bridgehead atoms. The van der Waals surface area contributed by atoms with Crippen molar-refractivity contribution in [3.8, 4) is 0 Å². The highest BCUT2D eigenvalue weighted by atomic mass is 32.2. The number of rotatable bonds is 5. The Morgan fingerprint density at radius 1 is 1.11 bits per heavy atom. The van der Waals surface area contributed by atoms with Crippen LogP contribution in [0.15, 0.2) is 24.3 Å². The normalized spacial score (nSPS) is 15.7. The van der Waals surface area contributed by atoms with Crippen LogP contribution in [-0.2, 0) is 16.3 Å². The van der Waals surface area contributed by atoms with E-state index in [-0.39, 0.29) is 6.04 Å². The van der Waals surface area contributed by atoms with Gasteiger partial charge in [0.05, 0.1) is 5.25 Å². The van der Waals surface area contributed by atoms with E-state index in [1.807, 2.05) is 12.1 Å². The van der Waals surface area contributed by atoms with Crippen LogP contribution in [0.4, 0.5) is 0 Å². The van der Waals surface area contributed by atoms with E-state index in [0.29, 0.717) is 12.3 Å². The van der Waals surface area contributed by atoms with E-state index >= 15 is 0 Å². The van der Waals surface area contributed by atoms with Gasteiger partial charge < -0.3 is 5.73 Å². The predicted molar refractivity (Wildman–Crippen MR) is 76.5 cm³/mol. The van der Waals surface area contributed by atoms with Gasteiger partial charge in [0.2, 0.25) is 0 Å². The number of hydrogen-bond donors (Lipinski definition) is 1. The van der Waals surface area contributed by atoms with Crippen LogP contribution in [-0.4, -0.2) is 26.0 Å². The molecule has 0 spiro atoms. The third kappa shape index (κ3) is 4.10. The highest BCUT2D eigenvalue weighted by Crippen LogP contribution is 2.16. The fourth-order valence-electron chi connectivity index (χ4n) is 1.79. The fourth-order valence-corrected chi connectivity index (χ4v) is 2.53. The number of benzene rings is 1. The van der Waals surface area contributed by atoms with E-state index < -0.39 is 15.1 Å². The first-order valence-corrected chi connectivity index (χ1v) is 8.20. The minimum Gasteiger partial charge on any atom is -0.326 e. The van der Waals surface area contributed by atoms with Gasteiger partial charge in [0, 0.05) is 12.3 Å². The van der Waals surface area contributed by atoms with E-state index in [1.165, 1.54) is 11.8 Å². The second-order valence-electron chi connectivity index (χ2n) is 5.30. The van der Waals surface area contributed by atoms with Crippen molar-refractivity contribution < 1.29 is 8.42 Å². The molecule has 2 atom stereocenters. The minimum absolute atomic E-state index is 0.357. The summed E-state index contributed by atoms with van der Waals surface area (Å²) in [5.74, 6) is 0.502. The summed E-state index contributed by atoms with van der Waals surface area (Å²) < 4.78 is 22.9. The Labute approximate surface area is 110 Å². The largest absolute Gasteiger partial charge is 0.326 e. The SMILES string of the molecule is CC(C)c1ccc(CC(N)C(C)S(C)(=O)=O)cc1. The van der Waals surface area contributed by atoms with Crippen LogP contribution in [0.5, 0.6) is 0 Å². The fraction of sp³-hybridized carbons (Fsp3) is 0.571. The lowest BCUT2D eigenvalue weighted by Crippen LogP contribution is -2.39. The highest BCUT2D eigenvalue weighted by Gasteiger charge is 2.22. The van der Waals surface area contributed by atoms with Gasteiger partial charge in [-0.1, -0.05) is 38.1 Å². The molecule has 0 saturated carbocycles. The summed E-state index contributed by atoms with van der Waals surface area (Å²) in [4.78, 5) is 0. The number of sulfone groups is 1. The van der Waals surface area contributed by atoms with Crippen LogP contribution in [0.1, 0.15) is 37.8 Å². The van der Waals surface area contributed by atoms with Crippen molar-refractivity contribution in [1.29, 1.82) is 0 Å². The summed E-state index contributed by atoms with van der Waals surface area (Å²) >= 11 is 0. The minimum atomic E-state index is -3.07. The van der Waals surface area contributed by atoms with Crippen LogP contribution in [0.3, 0.4) is 0 Å². The van der Waals surface area contributed by atoms with Crippen molar-refractivity contribution >= 4 is 9.84 Å². The Kier molecular flexibility index (Phi) is 4.93. The van der Waals surface area contributed by atoms with Crippen LogP contribution in [0, 0.1) is 0 Å². The van der Waals surface area contributed by atoms with Crippen molar-refractivity contribution in [3.63, 3.8) is 0 Å². The molecular weight excluding hydrogens is 246 g/mol. The molecule has 0 saturated heterocycles. The monoisotopic (exact) mass is 269 g/mol. The zero-order valence-corrected chi connectivity index (χ0v) is 12.4. The Morgan fingerprint density at radius 2 is 1.61 bits per heavy atom. The molecule has 0 aromatic heterocycles. The van der Waals surface area contributed by atoms with Gasteiger partial charge >= 0.3 is 0 Å². The Morgan fingerprint density at radius 3 is 2.00 bits per heavy atom. The maximum Gasteiger partial charge on any atom is 0.151 e. The molecule has 3 nitrogen and oxygen atoms in total. The molecule has 1 aromatic carbocycles. The van der Waals surface area contributed by atoms with Gasteiger partial charge in [-0.05, 0) is 30.4 Å². The summed E-state index contributed by atoms with van der Waals surface area (Å²) in [7, 11) is -3.07. The molecule has 102 valence electrons. The van der Waals surface area contributed by atoms with Crippen molar-refractivity contribution in [2.45, 2.75) is 44.4 Å². The van der Waals surface area contributed by atoms with E-state index in [9.17, 15) is 8.42 Å². The lowest BCUT2D eigenvalue weighted by atomic mass is 9.98. The van der Waals surface area contributed by atoms with Crippen LogP contribution < -0.4 is 5.73 Å². The summed E-state index contributed by atoms with van der Waals surface area (Å²) in [5.41, 5.74) is 8.32. The van der Waals surface area contributed by atoms with E-state index in [0.717, 1.165) is 5.56 Å². The standard InChI is InChI=1S/C14H23NO2S/c1-10(2)13-7-5-12(6-8-13)9-14(15)11(3)18(4,16)17/h5-8,10-11,14H,9,15H2,1-4H3. The van der Waals surface area contributed by atoms with Gasteiger partial charge in [0.15, 0.2) is 9.84 Å². The van der Waals surface area contributed by atoms with Gasteiger partial charge in [-0.15, -0.1) is 0 Å². The van der Waals surface area contributed by atoms with Crippen molar-refractivity contribution in [2.24, 2.45) is 5.73 Å². The first-order valence-electron chi connectivity index (χ1n) is 6.25. The first kappa shape index (κ1) is 15.2. The van der Waals surface area contributed by atoms with Gasteiger partial charge in [-0.2, -0.15) is 0 Å². The van der Waals surface area contributed by atoms with Gasteiger partial charge in [0.25, 0.3) is 0 Å². The van der Waals surface area contributed by atoms with Crippen molar-refractivity contribution in [1.82, 2.24) is 0 Å². The maximum absolute atomic E-state index is 11.4. The Balaban J connectivity index is 2.74. The lowest BCUT2D eigenvalue weighted by Gasteiger charge is -2.18. The Bertz CT molecular complexity index is 477. The molecule has 0 fully saturated rings. The predicted octanol–water partition coefficient (Wildman–Crippen LogP) is 2.11. The molecule has 4 heteroatoms. The van der Waals surface area contributed by atoms with E-state index in [1.54, 1.807) is 6.92 Å². The topological polar surface area (TPSA) is 60.2 Å². The first-order chi connectivity index (χ1) is 8.21. The average Bonchev–Trinajstić information content (AvgIpc) is 2.27. The molecule has 0 aliphatic heterocycles. The van der Waals surface area contributed by atoms with Gasteiger partial charge in [-0.3, -0.25) is 0 Å². The summed E-state index contributed by atoms with van der Waals surface area (Å²) in [6, 6.07) is 7.87. The summed E-state index contributed by atoms with van der Waals surface area (Å²) in [6.45, 7) is 5.96. The molecule has 0 radical (unpaired) electrons. The van der Waals surface area contributed by atoms with Crippen LogP contribution in [0.2, 0.25) is 0 Å². The zero-order chi connectivity index (χ0) is 13.9. The van der Waals surface area contributed by atoms with Crippen molar-refractivity contribution in [3.05, 3.63) is 35.4 Å². The quantitative estimate of drug-likeness (QED) is 0.890. The summed E-state index contributed by atoms with van der Waals surface area (Å²) in [6.07, 6.45) is 1.83. The molecule has 0 amide bonds. The van der Waals surface area contributed by atoms with Crippen LogP contribution in [0.25, 0.3) is 0 Å². The zero-order valence-electron chi connectivity index (χ0n) is 11.6. The molecule has 0 heterocycles. The van der Waals surface area contributed by atoms with Crippen LogP contribution >= 0.6 is 0 Å². The average molecular weight is 269 g/mol. The smallest absolute Gasteiger partial charge is 0.151 e. The molecule has 2 N–H and O–H groups in total. The maximum atomic E-state index is 11.4. The van der Waals surface area contributed by atoms with E-state index in [4.69, 9.17) is 5.73 Å². The molecule has 1 aromatic rings. The van der Waals surface area contributed by atoms with E-state index in [2.05, 4.69) is 26.0 Å². The van der Waals surface area contributed by atoms with Crippen molar-refractivity contribution in [2.75, 3.05) is 6.26 Å². The highest BCUT2D eigenvalue weighted by molar-refractivity contribution is 7.91. The third-order valence-corrected chi connectivity index (χ3v) is 5.10. The lowest BCUT2D eigenvalue weighted by molar-refractivity contribution is 0.562. The second-order valence-corrected chi connectivity index (χ2v) is 7.70. The van der Waals surface area contributed by atoms with Gasteiger partial charge in [0.1, 0.15) is 0 Å². The molecular formula is C14H23NO2S. The molecule has 0 aliphatic carbocycles. The molecule has 18 heavy (non-hydrogen) atoms. The molecule has 2 unspecified atom stereocenters. The molecule has 0 aliphatic rings. The van der Waals surface area contributed by atoms with Gasteiger partial charge in [-0.25, -0.2) is 8.42 Å². The third-order valence-electron chi connectivity index (χ3n) is 3.40. The number of nitrogens with two attached hydrogens (primary N) is 1. The second kappa shape index (κ2) is 5.85.